The minimum absolute atomic E-state index is 0.0311. The first kappa shape index (κ1) is 16.1. The Balaban J connectivity index is 1.73. The quantitative estimate of drug-likeness (QED) is 0.695. The molecule has 2 rings (SSSR count). The van der Waals surface area contributed by atoms with Gasteiger partial charge in [-0.15, -0.1) is 6.58 Å². The first-order chi connectivity index (χ1) is 10.5. The number of urea groups is 1. The van der Waals surface area contributed by atoms with Crippen molar-refractivity contribution < 1.29 is 9.59 Å². The van der Waals surface area contributed by atoms with Crippen LogP contribution < -0.4 is 16.0 Å². The van der Waals surface area contributed by atoms with Crippen LogP contribution in [0.5, 0.6) is 0 Å². The Morgan fingerprint density at radius 1 is 1.18 bits per heavy atom. The molecule has 1 aliphatic carbocycles. The van der Waals surface area contributed by atoms with Crippen molar-refractivity contribution in [3.63, 3.8) is 0 Å². The number of hydrogen-bond donors (Lipinski definition) is 3. The number of nitrogens with one attached hydrogen (secondary N) is 3. The lowest BCUT2D eigenvalue weighted by atomic mass is 9.87. The highest BCUT2D eigenvalue weighted by Gasteiger charge is 2.32. The molecule has 22 heavy (non-hydrogen) atoms. The number of fused-ring (bicyclic) bond motifs is 1. The van der Waals surface area contributed by atoms with Crippen LogP contribution in [0.2, 0.25) is 0 Å². The van der Waals surface area contributed by atoms with Crippen molar-refractivity contribution >= 4 is 11.9 Å². The fourth-order valence-corrected chi connectivity index (χ4v) is 2.77. The molecule has 0 aromatic heterocycles. The molecule has 0 saturated heterocycles. The fraction of sp³-hybridized carbons (Fsp3) is 0.412. The molecule has 0 heterocycles. The molecular weight excluding hydrogens is 278 g/mol. The van der Waals surface area contributed by atoms with Gasteiger partial charge in [-0.2, -0.15) is 0 Å². The molecule has 0 atom stereocenters. The molecular formula is C17H23N3O2. The third-order valence-electron chi connectivity index (χ3n) is 3.88. The lowest BCUT2D eigenvalue weighted by molar-refractivity contribution is -0.119. The molecule has 0 radical (unpaired) electrons. The largest absolute Gasteiger partial charge is 0.351 e. The van der Waals surface area contributed by atoms with Gasteiger partial charge in [0.2, 0.25) is 5.91 Å². The Hall–Kier alpha value is -2.30. The minimum atomic E-state index is -0.314. The van der Waals surface area contributed by atoms with Crippen LogP contribution in [0.25, 0.3) is 0 Å². The maximum atomic E-state index is 11.8. The zero-order valence-electron chi connectivity index (χ0n) is 12.9. The smallest absolute Gasteiger partial charge is 0.315 e. The van der Waals surface area contributed by atoms with Gasteiger partial charge in [-0.1, -0.05) is 37.3 Å². The highest BCUT2D eigenvalue weighted by Crippen LogP contribution is 2.35. The Morgan fingerprint density at radius 2 is 1.82 bits per heavy atom. The molecule has 0 saturated carbocycles. The maximum Gasteiger partial charge on any atom is 0.315 e. The summed E-state index contributed by atoms with van der Waals surface area (Å²) in [7, 11) is 0. The van der Waals surface area contributed by atoms with E-state index in [2.05, 4.69) is 41.6 Å². The van der Waals surface area contributed by atoms with Gasteiger partial charge in [0.25, 0.3) is 0 Å². The van der Waals surface area contributed by atoms with Crippen LogP contribution in [0, 0.1) is 5.41 Å². The van der Waals surface area contributed by atoms with Gasteiger partial charge in [0.1, 0.15) is 0 Å². The highest BCUT2D eigenvalue weighted by atomic mass is 16.2. The Bertz CT molecular complexity index is 544. The van der Waals surface area contributed by atoms with Crippen molar-refractivity contribution in [3.8, 4) is 0 Å². The van der Waals surface area contributed by atoms with E-state index in [0.29, 0.717) is 13.1 Å². The Morgan fingerprint density at radius 3 is 2.41 bits per heavy atom. The molecule has 0 fully saturated rings. The van der Waals surface area contributed by atoms with Crippen molar-refractivity contribution in [1.82, 2.24) is 16.0 Å². The zero-order valence-corrected chi connectivity index (χ0v) is 12.9. The van der Waals surface area contributed by atoms with Crippen LogP contribution >= 0.6 is 0 Å². The average Bonchev–Trinajstić information content (AvgIpc) is 2.85. The summed E-state index contributed by atoms with van der Waals surface area (Å²) >= 11 is 0. The molecule has 3 amide bonds. The van der Waals surface area contributed by atoms with E-state index in [1.807, 2.05) is 12.1 Å². The average molecular weight is 301 g/mol. The molecule has 118 valence electrons. The van der Waals surface area contributed by atoms with E-state index in [1.54, 1.807) is 6.08 Å². The zero-order chi connectivity index (χ0) is 16.0. The van der Waals surface area contributed by atoms with E-state index in [9.17, 15) is 9.59 Å². The van der Waals surface area contributed by atoms with Gasteiger partial charge in [-0.3, -0.25) is 4.79 Å². The van der Waals surface area contributed by atoms with Crippen molar-refractivity contribution in [1.29, 1.82) is 0 Å². The molecule has 0 unspecified atom stereocenters. The SMILES string of the molecule is C=CCNC(=O)CNC(=O)NCC1(C)Cc2ccccc2C1. The summed E-state index contributed by atoms with van der Waals surface area (Å²) in [4.78, 5) is 23.1. The van der Waals surface area contributed by atoms with Crippen LogP contribution in [0.1, 0.15) is 18.1 Å². The van der Waals surface area contributed by atoms with Crippen molar-refractivity contribution in [3.05, 3.63) is 48.0 Å². The molecule has 1 aromatic carbocycles. The molecule has 0 spiro atoms. The number of carbonyl (C=O) groups excluding carboxylic acids is 2. The van der Waals surface area contributed by atoms with Gasteiger partial charge >= 0.3 is 6.03 Å². The van der Waals surface area contributed by atoms with E-state index < -0.39 is 0 Å². The number of carbonyl (C=O) groups is 2. The van der Waals surface area contributed by atoms with Crippen LogP contribution in [0.3, 0.4) is 0 Å². The lowest BCUT2D eigenvalue weighted by Crippen LogP contribution is -2.45. The molecule has 3 N–H and O–H groups in total. The molecule has 5 nitrogen and oxygen atoms in total. The molecule has 0 bridgehead atoms. The maximum absolute atomic E-state index is 11.8. The van der Waals surface area contributed by atoms with Gasteiger partial charge in [0.15, 0.2) is 0 Å². The van der Waals surface area contributed by atoms with Gasteiger partial charge in [0, 0.05) is 13.1 Å². The third kappa shape index (κ3) is 4.35. The van der Waals surface area contributed by atoms with E-state index >= 15 is 0 Å². The monoisotopic (exact) mass is 301 g/mol. The van der Waals surface area contributed by atoms with Crippen molar-refractivity contribution in [2.75, 3.05) is 19.6 Å². The Kier molecular flexibility index (Phi) is 5.20. The first-order valence-corrected chi connectivity index (χ1v) is 7.48. The minimum Gasteiger partial charge on any atom is -0.351 e. The van der Waals surface area contributed by atoms with E-state index in [0.717, 1.165) is 12.8 Å². The number of rotatable bonds is 6. The summed E-state index contributed by atoms with van der Waals surface area (Å²) in [6.45, 7) is 6.64. The normalized spacial score (nSPS) is 14.8. The second kappa shape index (κ2) is 7.11. The fourth-order valence-electron chi connectivity index (χ4n) is 2.77. The van der Waals surface area contributed by atoms with Crippen LogP contribution in [-0.4, -0.2) is 31.6 Å². The number of hydrogen-bond acceptors (Lipinski definition) is 2. The first-order valence-electron chi connectivity index (χ1n) is 7.48. The van der Waals surface area contributed by atoms with Crippen LogP contribution in [0.15, 0.2) is 36.9 Å². The van der Waals surface area contributed by atoms with Crippen molar-refractivity contribution in [2.24, 2.45) is 5.41 Å². The van der Waals surface area contributed by atoms with Gasteiger partial charge in [0.05, 0.1) is 6.54 Å². The number of benzene rings is 1. The van der Waals surface area contributed by atoms with E-state index in [4.69, 9.17) is 0 Å². The predicted octanol–water partition coefficient (Wildman–Crippen LogP) is 1.39. The summed E-state index contributed by atoms with van der Waals surface area (Å²) in [5, 5.41) is 8.02. The Labute approximate surface area is 131 Å². The molecule has 1 aromatic rings. The molecule has 0 aliphatic heterocycles. The lowest BCUT2D eigenvalue weighted by Gasteiger charge is -2.24. The molecule has 1 aliphatic rings. The summed E-state index contributed by atoms with van der Waals surface area (Å²) in [5.74, 6) is -0.227. The summed E-state index contributed by atoms with van der Waals surface area (Å²) in [5.41, 5.74) is 2.75. The summed E-state index contributed by atoms with van der Waals surface area (Å²) in [6.07, 6.45) is 3.52. The topological polar surface area (TPSA) is 70.2 Å². The van der Waals surface area contributed by atoms with E-state index in [1.165, 1.54) is 11.1 Å². The van der Waals surface area contributed by atoms with Crippen molar-refractivity contribution in [2.45, 2.75) is 19.8 Å². The summed E-state index contributed by atoms with van der Waals surface area (Å²) < 4.78 is 0. The summed E-state index contributed by atoms with van der Waals surface area (Å²) in [6, 6.07) is 8.07. The predicted molar refractivity (Wildman–Crippen MR) is 86.6 cm³/mol. The van der Waals surface area contributed by atoms with E-state index in [-0.39, 0.29) is 23.9 Å². The van der Waals surface area contributed by atoms with Crippen LogP contribution in [-0.2, 0) is 17.6 Å². The van der Waals surface area contributed by atoms with Gasteiger partial charge < -0.3 is 16.0 Å². The standard InChI is InChI=1S/C17H23N3O2/c1-3-8-18-15(21)11-19-16(22)20-12-17(2)9-13-6-4-5-7-14(13)10-17/h3-7H,1,8-12H2,2H3,(H,18,21)(H2,19,20,22). The highest BCUT2D eigenvalue weighted by molar-refractivity contribution is 5.83. The molecule has 5 heteroatoms. The second-order valence-corrected chi connectivity index (χ2v) is 6.06. The second-order valence-electron chi connectivity index (χ2n) is 6.06. The van der Waals surface area contributed by atoms with Gasteiger partial charge in [-0.25, -0.2) is 4.79 Å². The third-order valence-corrected chi connectivity index (χ3v) is 3.88. The van der Waals surface area contributed by atoms with Gasteiger partial charge in [-0.05, 0) is 29.4 Å². The number of amides is 3. The van der Waals surface area contributed by atoms with Crippen LogP contribution in [0.4, 0.5) is 4.79 Å².